The third-order valence-electron chi connectivity index (χ3n) is 5.40. The lowest BCUT2D eigenvalue weighted by Crippen LogP contribution is -2.21. The molecule has 0 aliphatic carbocycles. The van der Waals surface area contributed by atoms with Gasteiger partial charge in [-0.2, -0.15) is 0 Å². The molecule has 4 aromatic rings. The largest absolute Gasteiger partial charge is 0.378 e. The first-order chi connectivity index (χ1) is 14.8. The minimum atomic E-state index is 0.00171. The fourth-order valence-electron chi connectivity index (χ4n) is 3.63. The average molecular weight is 414 g/mol. The second-order valence-corrected chi connectivity index (χ2v) is 8.06. The molecule has 0 aliphatic heterocycles. The molecule has 2 heterocycles. The van der Waals surface area contributed by atoms with Gasteiger partial charge in [0.05, 0.1) is 5.52 Å². The highest BCUT2D eigenvalue weighted by Crippen LogP contribution is 2.29. The van der Waals surface area contributed by atoms with Crippen molar-refractivity contribution in [2.45, 2.75) is 0 Å². The number of hydrogen-bond acceptors (Lipinski definition) is 4. The highest BCUT2D eigenvalue weighted by Gasteiger charge is 2.12. The van der Waals surface area contributed by atoms with Crippen LogP contribution in [0, 0.1) is 0 Å². The summed E-state index contributed by atoms with van der Waals surface area (Å²) in [6.07, 6.45) is 1.89. The molecule has 0 fully saturated rings. The summed E-state index contributed by atoms with van der Waals surface area (Å²) in [7, 11) is 9.62. The SMILES string of the molecule is CN(C)C(=O)c1ccc(-c2cc3cnc(Nc4cccc(N(C)C)c4)cc3n2C)cc1. The zero-order valence-electron chi connectivity index (χ0n) is 18.5. The Balaban J connectivity index is 1.64. The number of aromatic nitrogens is 2. The van der Waals surface area contributed by atoms with Crippen LogP contribution in [-0.2, 0) is 7.05 Å². The van der Waals surface area contributed by atoms with E-state index in [2.05, 4.69) is 44.0 Å². The summed E-state index contributed by atoms with van der Waals surface area (Å²) in [6.45, 7) is 0. The van der Waals surface area contributed by atoms with Crippen molar-refractivity contribution in [1.29, 1.82) is 0 Å². The van der Waals surface area contributed by atoms with Crippen molar-refractivity contribution in [2.75, 3.05) is 38.4 Å². The number of nitrogens with zero attached hydrogens (tertiary/aromatic N) is 4. The Morgan fingerprint density at radius 3 is 2.39 bits per heavy atom. The number of amides is 1. The first-order valence-electron chi connectivity index (χ1n) is 10.2. The third kappa shape index (κ3) is 4.10. The number of carbonyl (C=O) groups excluding carboxylic acids is 1. The number of benzene rings is 2. The van der Waals surface area contributed by atoms with Crippen LogP contribution in [0.15, 0.2) is 66.9 Å². The third-order valence-corrected chi connectivity index (χ3v) is 5.40. The molecule has 0 unspecified atom stereocenters. The molecule has 31 heavy (non-hydrogen) atoms. The monoisotopic (exact) mass is 413 g/mol. The number of hydrogen-bond donors (Lipinski definition) is 1. The predicted molar refractivity (Wildman–Crippen MR) is 128 cm³/mol. The maximum Gasteiger partial charge on any atom is 0.253 e. The van der Waals surface area contributed by atoms with Gasteiger partial charge in [-0.1, -0.05) is 18.2 Å². The van der Waals surface area contributed by atoms with E-state index in [1.807, 2.05) is 63.7 Å². The van der Waals surface area contributed by atoms with E-state index in [1.54, 1.807) is 19.0 Å². The average Bonchev–Trinajstić information content (AvgIpc) is 3.09. The maximum atomic E-state index is 12.1. The van der Waals surface area contributed by atoms with Gasteiger partial charge in [-0.15, -0.1) is 0 Å². The standard InChI is InChI=1S/C25H27N5O/c1-28(2)21-8-6-7-20(14-21)27-24-15-23-19(16-26-24)13-22(30(23)5)17-9-11-18(12-10-17)25(31)29(3)4/h6-16H,1-5H3,(H,26,27). The highest BCUT2D eigenvalue weighted by atomic mass is 16.2. The molecule has 6 heteroatoms. The topological polar surface area (TPSA) is 53.4 Å². The van der Waals surface area contributed by atoms with Crippen molar-refractivity contribution in [3.8, 4) is 11.3 Å². The Labute approximate surface area is 182 Å². The fourth-order valence-corrected chi connectivity index (χ4v) is 3.63. The molecule has 4 rings (SSSR count). The van der Waals surface area contributed by atoms with Gasteiger partial charge in [0, 0.05) is 75.5 Å². The normalized spacial score (nSPS) is 10.9. The molecule has 0 saturated carbocycles. The summed E-state index contributed by atoms with van der Waals surface area (Å²) in [6, 6.07) is 20.1. The van der Waals surface area contributed by atoms with Crippen molar-refractivity contribution < 1.29 is 4.79 Å². The summed E-state index contributed by atoms with van der Waals surface area (Å²) in [5.41, 5.74) is 6.02. The van der Waals surface area contributed by atoms with E-state index in [0.29, 0.717) is 5.56 Å². The summed E-state index contributed by atoms with van der Waals surface area (Å²) < 4.78 is 2.15. The van der Waals surface area contributed by atoms with Crippen LogP contribution in [0.3, 0.4) is 0 Å². The zero-order valence-corrected chi connectivity index (χ0v) is 18.5. The van der Waals surface area contributed by atoms with Gasteiger partial charge in [0.25, 0.3) is 5.91 Å². The molecular weight excluding hydrogens is 386 g/mol. The van der Waals surface area contributed by atoms with Crippen LogP contribution >= 0.6 is 0 Å². The second-order valence-electron chi connectivity index (χ2n) is 8.06. The fraction of sp³-hybridized carbons (Fsp3) is 0.200. The van der Waals surface area contributed by atoms with Crippen LogP contribution in [0.25, 0.3) is 22.2 Å². The molecule has 0 bridgehead atoms. The van der Waals surface area contributed by atoms with Crippen LogP contribution < -0.4 is 10.2 Å². The molecule has 0 saturated heterocycles. The molecule has 0 spiro atoms. The summed E-state index contributed by atoms with van der Waals surface area (Å²) in [5.74, 6) is 0.796. The lowest BCUT2D eigenvalue weighted by Gasteiger charge is -2.14. The van der Waals surface area contributed by atoms with E-state index < -0.39 is 0 Å². The molecule has 0 radical (unpaired) electrons. The van der Waals surface area contributed by atoms with E-state index in [4.69, 9.17) is 0 Å². The van der Waals surface area contributed by atoms with Crippen LogP contribution in [0.2, 0.25) is 0 Å². The minimum absolute atomic E-state index is 0.00171. The molecular formula is C25H27N5O. The van der Waals surface area contributed by atoms with Crippen LogP contribution in [0.5, 0.6) is 0 Å². The number of fused-ring (bicyclic) bond motifs is 1. The first-order valence-corrected chi connectivity index (χ1v) is 10.2. The van der Waals surface area contributed by atoms with E-state index >= 15 is 0 Å². The molecule has 2 aromatic heterocycles. The molecule has 0 aliphatic rings. The van der Waals surface area contributed by atoms with Gasteiger partial charge in [-0.25, -0.2) is 4.98 Å². The molecule has 1 amide bonds. The maximum absolute atomic E-state index is 12.1. The number of pyridine rings is 1. The van der Waals surface area contributed by atoms with Crippen LogP contribution in [0.1, 0.15) is 10.4 Å². The number of anilines is 3. The zero-order chi connectivity index (χ0) is 22.1. The lowest BCUT2D eigenvalue weighted by molar-refractivity contribution is 0.0827. The Morgan fingerprint density at radius 1 is 0.968 bits per heavy atom. The van der Waals surface area contributed by atoms with Crippen molar-refractivity contribution in [3.63, 3.8) is 0 Å². The van der Waals surface area contributed by atoms with Gasteiger partial charge in [0.15, 0.2) is 0 Å². The Bertz CT molecular complexity index is 1240. The minimum Gasteiger partial charge on any atom is -0.378 e. The molecule has 1 N–H and O–H groups in total. The van der Waals surface area contributed by atoms with Gasteiger partial charge >= 0.3 is 0 Å². The van der Waals surface area contributed by atoms with Gasteiger partial charge in [0.1, 0.15) is 5.82 Å². The number of nitrogens with one attached hydrogen (secondary N) is 1. The number of rotatable bonds is 5. The smallest absolute Gasteiger partial charge is 0.253 e. The van der Waals surface area contributed by atoms with Crippen LogP contribution in [-0.4, -0.2) is 48.5 Å². The molecule has 6 nitrogen and oxygen atoms in total. The molecule has 0 atom stereocenters. The predicted octanol–water partition coefficient (Wildman–Crippen LogP) is 4.75. The van der Waals surface area contributed by atoms with E-state index in [9.17, 15) is 4.79 Å². The lowest BCUT2D eigenvalue weighted by atomic mass is 10.1. The van der Waals surface area contributed by atoms with Crippen LogP contribution in [0.4, 0.5) is 17.2 Å². The summed E-state index contributed by atoms with van der Waals surface area (Å²) in [4.78, 5) is 20.4. The number of carbonyl (C=O) groups is 1. The highest BCUT2D eigenvalue weighted by molar-refractivity contribution is 5.95. The molecule has 158 valence electrons. The van der Waals surface area contributed by atoms with Crippen molar-refractivity contribution >= 4 is 34.0 Å². The van der Waals surface area contributed by atoms with Crippen molar-refractivity contribution in [1.82, 2.24) is 14.5 Å². The van der Waals surface area contributed by atoms with E-state index in [0.717, 1.165) is 39.4 Å². The van der Waals surface area contributed by atoms with Gasteiger partial charge in [-0.3, -0.25) is 4.79 Å². The van der Waals surface area contributed by atoms with Crippen molar-refractivity contribution in [2.24, 2.45) is 7.05 Å². The van der Waals surface area contributed by atoms with E-state index in [1.165, 1.54) is 0 Å². The van der Waals surface area contributed by atoms with Crippen molar-refractivity contribution in [3.05, 3.63) is 72.4 Å². The quantitative estimate of drug-likeness (QED) is 0.513. The Kier molecular flexibility index (Phi) is 5.38. The summed E-state index contributed by atoms with van der Waals surface area (Å²) >= 11 is 0. The number of aryl methyl sites for hydroxylation is 1. The summed E-state index contributed by atoms with van der Waals surface area (Å²) in [5, 5.41) is 4.47. The van der Waals surface area contributed by atoms with E-state index in [-0.39, 0.29) is 5.91 Å². The molecule has 2 aromatic carbocycles. The van der Waals surface area contributed by atoms with Gasteiger partial charge in [-0.05, 0) is 42.0 Å². The second kappa shape index (κ2) is 8.14. The Hall–Kier alpha value is -3.80. The Morgan fingerprint density at radius 2 is 1.71 bits per heavy atom. The first kappa shape index (κ1) is 20.5. The van der Waals surface area contributed by atoms with Gasteiger partial charge < -0.3 is 19.7 Å². The van der Waals surface area contributed by atoms with Gasteiger partial charge in [0.2, 0.25) is 0 Å².